The lowest BCUT2D eigenvalue weighted by molar-refractivity contribution is 0.405. The van der Waals surface area contributed by atoms with Gasteiger partial charge in [0.15, 0.2) is 0 Å². The van der Waals surface area contributed by atoms with E-state index in [9.17, 15) is 4.39 Å². The zero-order chi connectivity index (χ0) is 11.3. The van der Waals surface area contributed by atoms with Gasteiger partial charge in [-0.2, -0.15) is 0 Å². The van der Waals surface area contributed by atoms with Crippen LogP contribution in [0.25, 0.3) is 0 Å². The number of nitrogens with one attached hydrogen (secondary N) is 1. The van der Waals surface area contributed by atoms with Gasteiger partial charge in [-0.05, 0) is 45.3 Å². The molecule has 3 nitrogen and oxygen atoms in total. The first-order valence-electron chi connectivity index (χ1n) is 5.03. The highest BCUT2D eigenvalue weighted by Gasteiger charge is 2.00. The molecule has 0 aliphatic rings. The van der Waals surface area contributed by atoms with Crippen molar-refractivity contribution in [1.82, 2.24) is 4.90 Å². The number of hydrogen-bond acceptors (Lipinski definition) is 3. The topological polar surface area (TPSA) is 41.3 Å². The van der Waals surface area contributed by atoms with E-state index in [4.69, 9.17) is 5.73 Å². The molecule has 0 bridgehead atoms. The zero-order valence-corrected chi connectivity index (χ0v) is 9.26. The summed E-state index contributed by atoms with van der Waals surface area (Å²) in [6.07, 6.45) is 0.983. The summed E-state index contributed by atoms with van der Waals surface area (Å²) in [7, 11) is 4.04. The summed E-state index contributed by atoms with van der Waals surface area (Å²) in [5.74, 6) is -0.292. The van der Waals surface area contributed by atoms with Gasteiger partial charge < -0.3 is 16.0 Å². The molecule has 84 valence electrons. The first-order valence-corrected chi connectivity index (χ1v) is 5.03. The van der Waals surface area contributed by atoms with Crippen molar-refractivity contribution in [3.8, 4) is 0 Å². The van der Waals surface area contributed by atoms with Crippen LogP contribution < -0.4 is 11.1 Å². The Morgan fingerprint density at radius 3 is 2.73 bits per heavy atom. The van der Waals surface area contributed by atoms with Gasteiger partial charge >= 0.3 is 0 Å². The Bertz CT molecular complexity index is 313. The molecular weight excluding hydrogens is 193 g/mol. The van der Waals surface area contributed by atoms with Crippen LogP contribution in [0.3, 0.4) is 0 Å². The van der Waals surface area contributed by atoms with Gasteiger partial charge in [0.25, 0.3) is 0 Å². The number of nitrogens with zero attached hydrogens (tertiary/aromatic N) is 1. The quantitative estimate of drug-likeness (QED) is 0.576. The molecule has 0 atom stereocenters. The SMILES string of the molecule is CN(C)CCCNc1ccc(N)cc1F. The molecule has 4 heteroatoms. The van der Waals surface area contributed by atoms with Crippen molar-refractivity contribution in [2.75, 3.05) is 38.2 Å². The molecule has 0 spiro atoms. The van der Waals surface area contributed by atoms with Crippen LogP contribution in [0.2, 0.25) is 0 Å². The Labute approximate surface area is 90.1 Å². The maximum absolute atomic E-state index is 13.3. The molecule has 0 aliphatic carbocycles. The second kappa shape index (κ2) is 5.56. The Kier molecular flexibility index (Phi) is 4.37. The lowest BCUT2D eigenvalue weighted by Gasteiger charge is -2.11. The fraction of sp³-hybridized carbons (Fsp3) is 0.455. The first-order chi connectivity index (χ1) is 7.09. The molecule has 1 aromatic carbocycles. The van der Waals surface area contributed by atoms with E-state index in [0.717, 1.165) is 19.5 Å². The number of nitrogen functional groups attached to an aromatic ring is 1. The molecule has 0 radical (unpaired) electrons. The van der Waals surface area contributed by atoms with Crippen LogP contribution in [0.4, 0.5) is 15.8 Å². The third kappa shape index (κ3) is 4.16. The maximum Gasteiger partial charge on any atom is 0.148 e. The van der Waals surface area contributed by atoms with E-state index in [-0.39, 0.29) is 5.82 Å². The normalized spacial score (nSPS) is 10.7. The van der Waals surface area contributed by atoms with Crippen molar-refractivity contribution in [3.05, 3.63) is 24.0 Å². The number of rotatable bonds is 5. The Balaban J connectivity index is 2.37. The largest absolute Gasteiger partial charge is 0.399 e. The van der Waals surface area contributed by atoms with Crippen molar-refractivity contribution in [3.63, 3.8) is 0 Å². The number of halogens is 1. The highest BCUT2D eigenvalue weighted by atomic mass is 19.1. The minimum absolute atomic E-state index is 0.292. The van der Waals surface area contributed by atoms with Gasteiger partial charge in [-0.1, -0.05) is 0 Å². The van der Waals surface area contributed by atoms with Gasteiger partial charge in [-0.3, -0.25) is 0 Å². The van der Waals surface area contributed by atoms with Crippen molar-refractivity contribution in [1.29, 1.82) is 0 Å². The predicted molar refractivity (Wildman–Crippen MR) is 62.5 cm³/mol. The molecule has 0 aliphatic heterocycles. The lowest BCUT2D eigenvalue weighted by Crippen LogP contribution is -2.16. The van der Waals surface area contributed by atoms with Gasteiger partial charge in [0.2, 0.25) is 0 Å². The van der Waals surface area contributed by atoms with Crippen LogP contribution in [0.5, 0.6) is 0 Å². The molecule has 1 rings (SSSR count). The Morgan fingerprint density at radius 2 is 2.13 bits per heavy atom. The predicted octanol–water partition coefficient (Wildman–Crippen LogP) is 1.77. The van der Waals surface area contributed by atoms with E-state index in [1.165, 1.54) is 6.07 Å². The minimum Gasteiger partial charge on any atom is -0.399 e. The second-order valence-electron chi connectivity index (χ2n) is 3.82. The van der Waals surface area contributed by atoms with Gasteiger partial charge in [0.1, 0.15) is 5.82 Å². The Morgan fingerprint density at radius 1 is 1.40 bits per heavy atom. The summed E-state index contributed by atoms with van der Waals surface area (Å²) in [6, 6.07) is 4.69. The van der Waals surface area contributed by atoms with Crippen molar-refractivity contribution in [2.24, 2.45) is 0 Å². The van der Waals surface area contributed by atoms with Crippen LogP contribution >= 0.6 is 0 Å². The van der Waals surface area contributed by atoms with Crippen LogP contribution in [0.15, 0.2) is 18.2 Å². The monoisotopic (exact) mass is 211 g/mol. The molecule has 0 fully saturated rings. The molecule has 0 saturated carbocycles. The molecule has 0 amide bonds. The van der Waals surface area contributed by atoms with Gasteiger partial charge in [-0.25, -0.2) is 4.39 Å². The molecule has 0 unspecified atom stereocenters. The van der Waals surface area contributed by atoms with E-state index >= 15 is 0 Å². The summed E-state index contributed by atoms with van der Waals surface area (Å²) in [5, 5.41) is 3.04. The van der Waals surface area contributed by atoms with Crippen LogP contribution in [0.1, 0.15) is 6.42 Å². The fourth-order valence-corrected chi connectivity index (χ4v) is 1.29. The maximum atomic E-state index is 13.3. The van der Waals surface area contributed by atoms with E-state index in [0.29, 0.717) is 11.4 Å². The molecule has 15 heavy (non-hydrogen) atoms. The molecule has 0 saturated heterocycles. The summed E-state index contributed by atoms with van der Waals surface area (Å²) < 4.78 is 13.3. The fourth-order valence-electron chi connectivity index (χ4n) is 1.29. The number of nitrogens with two attached hydrogens (primary N) is 1. The lowest BCUT2D eigenvalue weighted by atomic mass is 10.2. The van der Waals surface area contributed by atoms with Gasteiger partial charge in [-0.15, -0.1) is 0 Å². The van der Waals surface area contributed by atoms with Crippen molar-refractivity contribution in [2.45, 2.75) is 6.42 Å². The van der Waals surface area contributed by atoms with Crippen molar-refractivity contribution < 1.29 is 4.39 Å². The number of hydrogen-bond donors (Lipinski definition) is 2. The molecule has 0 heterocycles. The summed E-state index contributed by atoms with van der Waals surface area (Å²) in [4.78, 5) is 2.10. The zero-order valence-electron chi connectivity index (χ0n) is 9.26. The number of anilines is 2. The minimum atomic E-state index is -0.292. The average Bonchev–Trinajstić information content (AvgIpc) is 2.14. The van der Waals surface area contributed by atoms with Gasteiger partial charge in [0, 0.05) is 12.2 Å². The number of benzene rings is 1. The third-order valence-corrected chi connectivity index (χ3v) is 2.09. The van der Waals surface area contributed by atoms with E-state index in [1.54, 1.807) is 12.1 Å². The summed E-state index contributed by atoms with van der Waals surface area (Å²) >= 11 is 0. The van der Waals surface area contributed by atoms with Crippen LogP contribution in [-0.2, 0) is 0 Å². The van der Waals surface area contributed by atoms with E-state index in [1.807, 2.05) is 14.1 Å². The van der Waals surface area contributed by atoms with E-state index in [2.05, 4.69) is 10.2 Å². The van der Waals surface area contributed by atoms with Crippen LogP contribution in [0, 0.1) is 5.82 Å². The van der Waals surface area contributed by atoms with Crippen LogP contribution in [-0.4, -0.2) is 32.1 Å². The first kappa shape index (κ1) is 11.8. The average molecular weight is 211 g/mol. The van der Waals surface area contributed by atoms with E-state index < -0.39 is 0 Å². The third-order valence-electron chi connectivity index (χ3n) is 2.09. The smallest absolute Gasteiger partial charge is 0.148 e. The van der Waals surface area contributed by atoms with Crippen molar-refractivity contribution >= 4 is 11.4 Å². The molecule has 0 aromatic heterocycles. The molecular formula is C11H18FN3. The molecule has 1 aromatic rings. The second-order valence-corrected chi connectivity index (χ2v) is 3.82. The summed E-state index contributed by atoms with van der Waals surface area (Å²) in [6.45, 7) is 1.75. The molecule has 3 N–H and O–H groups in total. The highest BCUT2D eigenvalue weighted by molar-refractivity contribution is 5.52. The standard InChI is InChI=1S/C11H18FN3/c1-15(2)7-3-6-14-11-5-4-9(13)8-10(11)12/h4-5,8,14H,3,6-7,13H2,1-2H3. The Hall–Kier alpha value is -1.29. The van der Waals surface area contributed by atoms with Gasteiger partial charge in [0.05, 0.1) is 5.69 Å². The highest BCUT2D eigenvalue weighted by Crippen LogP contribution is 2.16. The summed E-state index contributed by atoms with van der Waals surface area (Å²) in [5.41, 5.74) is 6.41.